The number of benzene rings is 23. The van der Waals surface area contributed by atoms with Crippen molar-refractivity contribution in [2.24, 2.45) is 0 Å². The van der Waals surface area contributed by atoms with Gasteiger partial charge in [0, 0.05) is 123 Å². The summed E-state index contributed by atoms with van der Waals surface area (Å²) < 4.78 is 26.3. The van der Waals surface area contributed by atoms with Crippen LogP contribution in [-0.4, -0.2) is 27.4 Å². The van der Waals surface area contributed by atoms with Gasteiger partial charge < -0.3 is 31.8 Å². The van der Waals surface area contributed by atoms with Gasteiger partial charge in [0.05, 0.1) is 92.7 Å². The molecule has 0 bridgehead atoms. The number of rotatable bonds is 11. The molecule has 0 amide bonds. The first-order valence-corrected chi connectivity index (χ1v) is 51.9. The SMILES string of the molecule is c1ccc(-c2ccc(-n3c4ccccc4c4cc(-c5ccc6c(c5)c5ccccc5n6-c5cccc6c5oc5ccccc56)ccc43)cc2)cc1.c1ccc(-c2cccc(-n3c4ccccc4c4cc(-c5ccc6c(c5)c5ccccc5n6-c5cccc6c5sc5ccccc56)ccc43)c2)cc1.c1ccc(-n2c3ccccc3c3cc(-c4ccc5c(c4)c4ccccc4n5-c4cccc5c4sc4ccccc45)ccc32)cc1. The van der Waals surface area contributed by atoms with Gasteiger partial charge in [-0.2, -0.15) is 0 Å². The topological polar surface area (TPSA) is 42.7 Å². The summed E-state index contributed by atoms with van der Waals surface area (Å²) in [6.07, 6.45) is 0. The Bertz CT molecular complexity index is 11000. The van der Waals surface area contributed by atoms with Crippen LogP contribution in [0, 0.1) is 0 Å². The summed E-state index contributed by atoms with van der Waals surface area (Å²) >= 11 is 3.77. The van der Waals surface area contributed by atoms with Crippen molar-refractivity contribution in [1.82, 2.24) is 27.4 Å². The Labute approximate surface area is 852 Å². The maximum atomic E-state index is 6.51. The highest BCUT2D eigenvalue weighted by Crippen LogP contribution is 2.49. The molecule has 0 aliphatic rings. The number of nitrogens with zero attached hydrogens (tertiary/aromatic N) is 6. The van der Waals surface area contributed by atoms with E-state index in [-0.39, 0.29) is 0 Å². The van der Waals surface area contributed by atoms with E-state index in [9.17, 15) is 0 Å². The number of aromatic nitrogens is 6. The molecule has 0 atom stereocenters. The highest BCUT2D eigenvalue weighted by atomic mass is 32.1. The molecule has 0 radical (unpaired) electrons. The van der Waals surface area contributed by atoms with Gasteiger partial charge in [0.15, 0.2) is 5.58 Å². The summed E-state index contributed by atoms with van der Waals surface area (Å²) in [6.45, 7) is 0. The minimum Gasteiger partial charge on any atom is -0.454 e. The number of furan rings is 1. The average molecular weight is 1910 g/mol. The molecule has 0 spiro atoms. The van der Waals surface area contributed by atoms with Gasteiger partial charge in [-0.1, -0.05) is 340 Å². The fourth-order valence-corrected chi connectivity index (χ4v) is 26.1. The van der Waals surface area contributed by atoms with Crippen LogP contribution < -0.4 is 0 Å². The van der Waals surface area contributed by atoms with Gasteiger partial charge in [0.1, 0.15) is 5.58 Å². The Morgan fingerprint density at radius 1 is 0.136 bits per heavy atom. The van der Waals surface area contributed by atoms with Crippen LogP contribution in [-0.2, 0) is 0 Å². The molecule has 9 heteroatoms. The van der Waals surface area contributed by atoms with Gasteiger partial charge in [-0.3, -0.25) is 0 Å². The van der Waals surface area contributed by atoms with Crippen molar-refractivity contribution in [1.29, 1.82) is 0 Å². The molecular weight excluding hydrogens is 1820 g/mol. The van der Waals surface area contributed by atoms with E-state index in [4.69, 9.17) is 4.42 Å². The predicted octanol–water partition coefficient (Wildman–Crippen LogP) is 38.6. The Morgan fingerprint density at radius 2 is 0.381 bits per heavy atom. The quantitative estimate of drug-likeness (QED) is 0.127. The maximum absolute atomic E-state index is 6.51. The van der Waals surface area contributed by atoms with Gasteiger partial charge in [0.25, 0.3) is 0 Å². The lowest BCUT2D eigenvalue weighted by Crippen LogP contribution is -1.94. The van der Waals surface area contributed by atoms with Crippen LogP contribution in [0.2, 0.25) is 0 Å². The van der Waals surface area contributed by atoms with Crippen LogP contribution >= 0.6 is 22.7 Å². The number of thiophene rings is 2. The highest BCUT2D eigenvalue weighted by molar-refractivity contribution is 7.26. The molecule has 32 aromatic rings. The largest absolute Gasteiger partial charge is 0.454 e. The molecule has 0 N–H and O–H groups in total. The average Bonchev–Trinajstić information content (AvgIpc) is 1.58. The molecule has 32 rings (SSSR count). The van der Waals surface area contributed by atoms with E-state index in [0.29, 0.717) is 0 Å². The molecular formula is C138H86N6OS2. The summed E-state index contributed by atoms with van der Waals surface area (Å²) in [4.78, 5) is 0. The van der Waals surface area contributed by atoms with Gasteiger partial charge in [-0.15, -0.1) is 22.7 Å². The number of fused-ring (bicyclic) bond motifs is 27. The lowest BCUT2D eigenvalue weighted by Gasteiger charge is -2.11. The van der Waals surface area contributed by atoms with E-state index in [1.54, 1.807) is 0 Å². The first-order valence-electron chi connectivity index (χ1n) is 50.2. The number of para-hydroxylation sites is 9. The van der Waals surface area contributed by atoms with Gasteiger partial charge in [0.2, 0.25) is 0 Å². The summed E-state index contributed by atoms with van der Waals surface area (Å²) in [6, 6.07) is 190. The standard InChI is InChI=1S/C48H30N2O.C48H30N2S.C42H26N2S/c1-2-11-31(12-3-1)32-21-25-35(26-22-32)49-42-17-7-4-13-36(42)40-29-33(23-27-44(40)49)34-24-28-45-41(30-34)37-14-5-8-18-43(37)50(45)46-19-10-16-39-38-15-6-9-20-47(38)51-48(39)46;1-2-12-31(13-3-1)32-14-10-15-35(28-32)49-42-20-7-4-16-36(42)40-29-33(24-26-44(40)49)34-25-27-45-41(30-34)37-17-5-8-21-43(37)50(45)46-22-11-19-39-38-18-6-9-23-47(38)51-48(39)46;1-2-11-29(12-3-1)43-36-17-7-4-13-30(36)34-25-27(21-23-38(34)43)28-22-24-39-35(26-28)31-14-5-8-18-37(31)44(39)40-19-10-16-33-32-15-6-9-20-41(32)45-42(33)40/h2*1-30H;1-26H. The van der Waals surface area contributed by atoms with Gasteiger partial charge >= 0.3 is 0 Å². The molecule has 0 fully saturated rings. The summed E-state index contributed by atoms with van der Waals surface area (Å²) in [5.41, 5.74) is 35.5. The van der Waals surface area contributed by atoms with Crippen LogP contribution in [0.5, 0.6) is 0 Å². The van der Waals surface area contributed by atoms with E-state index in [1.165, 1.54) is 233 Å². The third kappa shape index (κ3) is 13.5. The maximum Gasteiger partial charge on any atom is 0.159 e. The van der Waals surface area contributed by atoms with Crippen molar-refractivity contribution in [3.05, 3.63) is 522 Å². The lowest BCUT2D eigenvalue weighted by molar-refractivity contribution is 0.666. The number of hydrogen-bond acceptors (Lipinski definition) is 3. The third-order valence-electron chi connectivity index (χ3n) is 30.4. The zero-order chi connectivity index (χ0) is 96.4. The first-order chi connectivity index (χ1) is 72.9. The van der Waals surface area contributed by atoms with E-state index in [0.717, 1.165) is 50.0 Å². The second-order valence-electron chi connectivity index (χ2n) is 38.4. The van der Waals surface area contributed by atoms with Crippen molar-refractivity contribution in [3.8, 4) is 89.8 Å². The van der Waals surface area contributed by atoms with Crippen LogP contribution in [0.1, 0.15) is 0 Å². The zero-order valence-electron chi connectivity index (χ0n) is 79.6. The van der Waals surface area contributed by atoms with Crippen molar-refractivity contribution in [3.63, 3.8) is 0 Å². The van der Waals surface area contributed by atoms with Gasteiger partial charge in [-0.05, 0) is 238 Å². The molecule has 7 nitrogen and oxygen atoms in total. The smallest absolute Gasteiger partial charge is 0.159 e. The van der Waals surface area contributed by atoms with E-state index in [1.807, 2.05) is 34.8 Å². The van der Waals surface area contributed by atoms with Crippen molar-refractivity contribution in [2.45, 2.75) is 0 Å². The monoisotopic (exact) mass is 1910 g/mol. The molecule has 686 valence electrons. The predicted molar refractivity (Wildman–Crippen MR) is 626 cm³/mol. The lowest BCUT2D eigenvalue weighted by atomic mass is 10.0. The second-order valence-corrected chi connectivity index (χ2v) is 40.5. The third-order valence-corrected chi connectivity index (χ3v) is 32.8. The normalized spacial score (nSPS) is 11.9. The highest BCUT2D eigenvalue weighted by Gasteiger charge is 2.26. The molecule has 147 heavy (non-hydrogen) atoms. The van der Waals surface area contributed by atoms with E-state index >= 15 is 0 Å². The van der Waals surface area contributed by atoms with E-state index < -0.39 is 0 Å². The van der Waals surface area contributed by atoms with Crippen LogP contribution in [0.15, 0.2) is 526 Å². The molecule has 9 heterocycles. The molecule has 0 unspecified atom stereocenters. The summed E-state index contributed by atoms with van der Waals surface area (Å²) in [5, 5.41) is 22.6. The number of hydrogen-bond donors (Lipinski definition) is 0. The molecule has 0 aliphatic carbocycles. The van der Waals surface area contributed by atoms with Crippen molar-refractivity contribution >= 4 is 216 Å². The Morgan fingerprint density at radius 3 is 0.782 bits per heavy atom. The fraction of sp³-hybridized carbons (Fsp3) is 0. The fourth-order valence-electron chi connectivity index (χ4n) is 23.7. The molecule has 0 aliphatic heterocycles. The molecule has 0 saturated carbocycles. The Kier molecular flexibility index (Phi) is 19.3. The molecule has 0 saturated heterocycles. The van der Waals surface area contributed by atoms with E-state index in [2.05, 4.69) is 537 Å². The van der Waals surface area contributed by atoms with Crippen LogP contribution in [0.25, 0.3) is 283 Å². The van der Waals surface area contributed by atoms with Crippen LogP contribution in [0.3, 0.4) is 0 Å². The summed E-state index contributed by atoms with van der Waals surface area (Å²) in [5.74, 6) is 0. The van der Waals surface area contributed by atoms with Crippen LogP contribution in [0.4, 0.5) is 0 Å². The Balaban J connectivity index is 0.000000102. The second kappa shape index (κ2) is 33.9. The summed E-state index contributed by atoms with van der Waals surface area (Å²) in [7, 11) is 0. The minimum atomic E-state index is 0.905. The van der Waals surface area contributed by atoms with Crippen molar-refractivity contribution in [2.75, 3.05) is 0 Å². The minimum absolute atomic E-state index is 0.905. The Hall–Kier alpha value is -18.9. The molecule has 9 aromatic heterocycles. The van der Waals surface area contributed by atoms with Crippen molar-refractivity contribution < 1.29 is 4.42 Å². The zero-order valence-corrected chi connectivity index (χ0v) is 81.2. The molecule has 23 aromatic carbocycles. The first kappa shape index (κ1) is 83.8. The van der Waals surface area contributed by atoms with Gasteiger partial charge in [-0.25, -0.2) is 0 Å².